The highest BCUT2D eigenvalue weighted by atomic mass is 35.5. The third-order valence-corrected chi connectivity index (χ3v) is 6.75. The number of hydrogen-bond donors (Lipinski definition) is 0. The molecule has 2 aliphatic rings. The second kappa shape index (κ2) is 9.62. The molecule has 0 spiro atoms. The summed E-state index contributed by atoms with van der Waals surface area (Å²) < 4.78 is 27.1. The number of ether oxygens (including phenoxy) is 4. The van der Waals surface area contributed by atoms with Gasteiger partial charge in [0.05, 0.1) is 22.3 Å². The van der Waals surface area contributed by atoms with Crippen molar-refractivity contribution in [1.82, 2.24) is 24.4 Å². The van der Waals surface area contributed by atoms with Crippen LogP contribution in [0.1, 0.15) is 20.1 Å². The number of aromatic nitrogens is 4. The molecule has 0 amide bonds. The molecule has 0 aliphatic carbocycles. The predicted octanol–water partition coefficient (Wildman–Crippen LogP) is 5.00. The summed E-state index contributed by atoms with van der Waals surface area (Å²) in [6.07, 6.45) is 3.49. The van der Waals surface area contributed by atoms with Crippen molar-refractivity contribution in [3.8, 4) is 5.75 Å². The summed E-state index contributed by atoms with van der Waals surface area (Å²) in [5.74, 6) is 0.360. The zero-order valence-electron chi connectivity index (χ0n) is 21.2. The fraction of sp³-hybridized carbons (Fsp3) is 0.385. The van der Waals surface area contributed by atoms with Crippen molar-refractivity contribution >= 4 is 57.3 Å². The largest absolute Gasteiger partial charge is 0.491 e. The van der Waals surface area contributed by atoms with Crippen LogP contribution in [0, 0.1) is 0 Å². The molecule has 198 valence electrons. The lowest BCUT2D eigenvalue weighted by atomic mass is 10.1. The van der Waals surface area contributed by atoms with Crippen LogP contribution in [0.4, 0.5) is 5.82 Å². The van der Waals surface area contributed by atoms with Crippen LogP contribution in [0.25, 0.3) is 21.9 Å². The maximum absolute atomic E-state index is 6.48. The number of halogens is 2. The Morgan fingerprint density at radius 1 is 1.13 bits per heavy atom. The molecule has 0 radical (unpaired) electrons. The highest BCUT2D eigenvalue weighted by Gasteiger charge is 2.56. The van der Waals surface area contributed by atoms with E-state index in [4.69, 9.17) is 42.1 Å². The van der Waals surface area contributed by atoms with E-state index < -0.39 is 24.2 Å². The van der Waals surface area contributed by atoms with Gasteiger partial charge in [-0.1, -0.05) is 11.6 Å². The Morgan fingerprint density at radius 2 is 1.95 bits per heavy atom. The molecule has 0 N–H and O–H groups in total. The van der Waals surface area contributed by atoms with E-state index in [-0.39, 0.29) is 18.0 Å². The first-order chi connectivity index (χ1) is 18.2. The molecule has 0 unspecified atom stereocenters. The molecule has 5 heterocycles. The van der Waals surface area contributed by atoms with E-state index in [1.54, 1.807) is 12.5 Å². The number of aliphatic imine (C=N–C) groups is 1. The molecular weight excluding hydrogens is 531 g/mol. The van der Waals surface area contributed by atoms with Crippen molar-refractivity contribution in [3.05, 3.63) is 53.0 Å². The summed E-state index contributed by atoms with van der Waals surface area (Å²) in [4.78, 5) is 19.4. The normalized spacial score (nSPS) is 24.5. The second-order valence-electron chi connectivity index (χ2n) is 9.93. The van der Waals surface area contributed by atoms with Gasteiger partial charge in [0.25, 0.3) is 0 Å². The Labute approximate surface area is 229 Å². The highest BCUT2D eigenvalue weighted by molar-refractivity contribution is 6.31. The minimum atomic E-state index is -0.779. The maximum atomic E-state index is 6.48. The average Bonchev–Trinajstić information content (AvgIpc) is 3.51. The Morgan fingerprint density at radius 3 is 2.76 bits per heavy atom. The van der Waals surface area contributed by atoms with E-state index in [1.807, 2.05) is 73.9 Å². The molecule has 4 atom stereocenters. The van der Waals surface area contributed by atoms with Gasteiger partial charge in [-0.2, -0.15) is 9.97 Å². The van der Waals surface area contributed by atoms with E-state index in [9.17, 15) is 0 Å². The van der Waals surface area contributed by atoms with Crippen LogP contribution in [0.15, 0.2) is 47.7 Å². The third-order valence-electron chi connectivity index (χ3n) is 6.37. The van der Waals surface area contributed by atoms with Gasteiger partial charge in [0.15, 0.2) is 17.8 Å². The summed E-state index contributed by atoms with van der Waals surface area (Å²) >= 11 is 12.3. The van der Waals surface area contributed by atoms with Gasteiger partial charge in [-0.05, 0) is 49.7 Å². The fourth-order valence-electron chi connectivity index (χ4n) is 4.83. The van der Waals surface area contributed by atoms with E-state index in [2.05, 4.69) is 19.9 Å². The standard InChI is InChI=1S/C26H26Cl2N6O4/c1-26(2)37-20-19(12-35-16-6-5-14-9-15(27)11-29-18(14)10-16)36-24(21(20)38-26)34-8-7-17-22(30-13-33(3)4)31-25(28)32-23(17)34/h5-11,13,19-21,24H,12H2,1-4H3/t19-,20-,21-,24-/m1/s1. The Balaban J connectivity index is 1.28. The van der Waals surface area contributed by atoms with E-state index >= 15 is 0 Å². The van der Waals surface area contributed by atoms with E-state index in [1.165, 1.54) is 0 Å². The van der Waals surface area contributed by atoms with Crippen LogP contribution >= 0.6 is 23.2 Å². The van der Waals surface area contributed by atoms with Gasteiger partial charge >= 0.3 is 0 Å². The molecule has 6 rings (SSSR count). The van der Waals surface area contributed by atoms with Crippen LogP contribution in [-0.2, 0) is 14.2 Å². The van der Waals surface area contributed by atoms with Crippen LogP contribution in [0.3, 0.4) is 0 Å². The first-order valence-electron chi connectivity index (χ1n) is 12.1. The highest BCUT2D eigenvalue weighted by Crippen LogP contribution is 2.44. The number of fused-ring (bicyclic) bond motifs is 3. The third kappa shape index (κ3) is 4.78. The molecule has 0 bridgehead atoms. The molecule has 2 aliphatic heterocycles. The van der Waals surface area contributed by atoms with Gasteiger partial charge in [-0.25, -0.2) is 4.99 Å². The molecule has 2 saturated heterocycles. The molecule has 0 saturated carbocycles. The van der Waals surface area contributed by atoms with Crippen molar-refractivity contribution in [2.75, 3.05) is 20.7 Å². The van der Waals surface area contributed by atoms with Crippen LogP contribution in [-0.4, -0.2) is 75.6 Å². The van der Waals surface area contributed by atoms with Gasteiger partial charge in [0, 0.05) is 37.9 Å². The lowest BCUT2D eigenvalue weighted by Gasteiger charge is -2.25. The SMILES string of the molecule is CN(C)C=Nc1nc(Cl)nc2c1ccn2[C@@H]1O[C@H](COc2ccc3cc(Cl)cnc3c2)[C@H]2OC(C)(C)O[C@H]21. The molecule has 1 aromatic carbocycles. The van der Waals surface area contributed by atoms with Crippen molar-refractivity contribution in [1.29, 1.82) is 0 Å². The van der Waals surface area contributed by atoms with Crippen LogP contribution in [0.2, 0.25) is 10.3 Å². The average molecular weight is 557 g/mol. The molecule has 12 heteroatoms. The zero-order valence-corrected chi connectivity index (χ0v) is 22.7. The van der Waals surface area contributed by atoms with Crippen molar-refractivity contribution in [2.24, 2.45) is 4.99 Å². The summed E-state index contributed by atoms with van der Waals surface area (Å²) in [6, 6.07) is 9.44. The van der Waals surface area contributed by atoms with Gasteiger partial charge in [-0.15, -0.1) is 0 Å². The number of benzene rings is 1. The molecule has 3 aromatic heterocycles. The summed E-state index contributed by atoms with van der Waals surface area (Å²) in [5, 5.41) is 2.36. The van der Waals surface area contributed by atoms with E-state index in [0.717, 1.165) is 16.3 Å². The lowest BCUT2D eigenvalue weighted by Crippen LogP contribution is -2.33. The minimum Gasteiger partial charge on any atom is -0.491 e. The van der Waals surface area contributed by atoms with Crippen LogP contribution < -0.4 is 4.74 Å². The Hall–Kier alpha value is -3.02. The molecule has 38 heavy (non-hydrogen) atoms. The molecule has 4 aromatic rings. The molecular formula is C26H26Cl2N6O4. The number of rotatable bonds is 6. The number of hydrogen-bond acceptors (Lipinski definition) is 8. The molecule has 2 fully saturated rings. The fourth-order valence-corrected chi connectivity index (χ4v) is 5.15. The topological polar surface area (TPSA) is 96.1 Å². The van der Waals surface area contributed by atoms with E-state index in [0.29, 0.717) is 22.2 Å². The first kappa shape index (κ1) is 25.3. The maximum Gasteiger partial charge on any atom is 0.226 e. The Kier molecular flexibility index (Phi) is 6.40. The predicted molar refractivity (Wildman–Crippen MR) is 144 cm³/mol. The van der Waals surface area contributed by atoms with Gasteiger partial charge in [-0.3, -0.25) is 4.98 Å². The van der Waals surface area contributed by atoms with Crippen molar-refractivity contribution < 1.29 is 18.9 Å². The van der Waals surface area contributed by atoms with Gasteiger partial charge in [0.2, 0.25) is 5.28 Å². The summed E-state index contributed by atoms with van der Waals surface area (Å²) in [6.45, 7) is 4.03. The lowest BCUT2D eigenvalue weighted by molar-refractivity contribution is -0.198. The first-order valence-corrected chi connectivity index (χ1v) is 12.9. The second-order valence-corrected chi connectivity index (χ2v) is 10.7. The van der Waals surface area contributed by atoms with Gasteiger partial charge in [0.1, 0.15) is 36.3 Å². The Bertz CT molecular complexity index is 1540. The quantitative estimate of drug-likeness (QED) is 0.186. The monoisotopic (exact) mass is 556 g/mol. The summed E-state index contributed by atoms with van der Waals surface area (Å²) in [5.41, 5.74) is 1.38. The van der Waals surface area contributed by atoms with Crippen molar-refractivity contribution in [3.63, 3.8) is 0 Å². The minimum absolute atomic E-state index is 0.0907. The number of nitrogens with zero attached hydrogens (tertiary/aromatic N) is 6. The van der Waals surface area contributed by atoms with Gasteiger partial charge < -0.3 is 28.4 Å². The number of pyridine rings is 1. The smallest absolute Gasteiger partial charge is 0.226 e. The zero-order chi connectivity index (χ0) is 26.6. The summed E-state index contributed by atoms with van der Waals surface area (Å²) in [7, 11) is 3.76. The van der Waals surface area contributed by atoms with Crippen molar-refractivity contribution in [2.45, 2.75) is 44.2 Å². The van der Waals surface area contributed by atoms with Crippen LogP contribution in [0.5, 0.6) is 5.75 Å². The molecule has 10 nitrogen and oxygen atoms in total.